The third kappa shape index (κ3) is 16.9. The molecule has 0 unspecified atom stereocenters. The van der Waals surface area contributed by atoms with Gasteiger partial charge in [-0.3, -0.25) is 24.3 Å². The molecule has 14 heteroatoms. The summed E-state index contributed by atoms with van der Waals surface area (Å²) in [6.07, 6.45) is 2.49. The van der Waals surface area contributed by atoms with Crippen LogP contribution >= 0.6 is 0 Å². The Morgan fingerprint density at radius 2 is 1.07 bits per heavy atom. The minimum absolute atomic E-state index is 0. The van der Waals surface area contributed by atoms with Gasteiger partial charge in [-0.15, -0.1) is 0 Å². The smallest absolute Gasteiger partial charge is 0.550 e. The van der Waals surface area contributed by atoms with Crippen LogP contribution in [-0.4, -0.2) is 54.3 Å². The number of nitrogen functional groups attached to an aromatic ring is 1. The van der Waals surface area contributed by atoms with Crippen molar-refractivity contribution in [2.45, 2.75) is 66.6 Å². The van der Waals surface area contributed by atoms with Crippen LogP contribution in [0.25, 0.3) is 10.9 Å². The summed E-state index contributed by atoms with van der Waals surface area (Å²) in [6, 6.07) is 26.7. The predicted molar refractivity (Wildman–Crippen MR) is 212 cm³/mol. The van der Waals surface area contributed by atoms with Gasteiger partial charge in [-0.05, 0) is 85.5 Å². The van der Waals surface area contributed by atoms with Crippen molar-refractivity contribution in [2.24, 2.45) is 11.8 Å². The molecule has 302 valence electrons. The fourth-order valence-electron chi connectivity index (χ4n) is 5.99. The van der Waals surface area contributed by atoms with E-state index in [1.54, 1.807) is 6.20 Å². The molecule has 0 aliphatic carbocycles. The van der Waals surface area contributed by atoms with Gasteiger partial charge in [-0.25, -0.2) is 0 Å². The predicted octanol–water partition coefficient (Wildman–Crippen LogP) is 2.45. The molecule has 4 aromatic carbocycles. The van der Waals surface area contributed by atoms with E-state index in [1.165, 1.54) is 14.2 Å². The third-order valence-electron chi connectivity index (χ3n) is 8.80. The minimum atomic E-state index is -1.08. The number of hydrogen-bond acceptors (Lipinski definition) is 12. The van der Waals surface area contributed by atoms with Crippen LogP contribution in [0.4, 0.5) is 5.69 Å². The Balaban J connectivity index is 0.000000361. The van der Waals surface area contributed by atoms with Crippen LogP contribution in [0, 0.1) is 32.6 Å². The number of aliphatic carboxylic acids is 1. The van der Waals surface area contributed by atoms with Gasteiger partial charge >= 0.3 is 75.3 Å². The summed E-state index contributed by atoms with van der Waals surface area (Å²) < 4.78 is 20.3. The van der Waals surface area contributed by atoms with Crippen molar-refractivity contribution in [1.82, 2.24) is 10.2 Å². The number of anilines is 1. The van der Waals surface area contributed by atoms with E-state index in [9.17, 15) is 19.2 Å². The van der Waals surface area contributed by atoms with E-state index in [2.05, 4.69) is 10.2 Å². The summed E-state index contributed by atoms with van der Waals surface area (Å²) in [5, 5.41) is 16.9. The number of benzene rings is 4. The maximum absolute atomic E-state index is 12.2. The second-order valence-corrected chi connectivity index (χ2v) is 13.4. The number of ether oxygens (including phenoxy) is 4. The molecule has 0 radical (unpaired) electrons. The quantitative estimate of drug-likeness (QED) is 0.0719. The first-order valence-electron chi connectivity index (χ1n) is 18.2. The zero-order valence-electron chi connectivity index (χ0n) is 34.2. The number of carbonyl (C=O) groups is 5. The molecule has 0 saturated heterocycles. The standard InChI is InChI=1S/C21H22N2O4.C21H25NO4.C2H4O2.K/c1-14-8-16(10-18-12-22-23-20(14)18)9-17(21(25)26-2)11-19(24)27-13-15-6-4-3-5-7-15;1-14-9-17(10-15(2)20(14)22)11-18(21(24)25-3)12-19(23)26-13-16-7-5-4-6-8-16;1-2(3)4;/h3-8,10,12,17H,9,11,13H2,1-2H3,(H,22,23);4-10,18H,11-13,22H2,1-3H3;1H3,(H,3,4);/q;;;+1/p-1/t17-;18-;;/m00../s1. The number of fused-ring (bicyclic) bond motifs is 1. The van der Waals surface area contributed by atoms with Gasteiger partial charge < -0.3 is 34.6 Å². The molecule has 13 nitrogen and oxygen atoms in total. The van der Waals surface area contributed by atoms with E-state index in [1.807, 2.05) is 106 Å². The Bertz CT molecular complexity index is 2080. The molecular formula is C44H50KN3O10. The topological polar surface area (TPSA) is 200 Å². The Labute approximate surface area is 381 Å². The first-order chi connectivity index (χ1) is 27.2. The van der Waals surface area contributed by atoms with Gasteiger partial charge in [0.25, 0.3) is 0 Å². The van der Waals surface area contributed by atoms with E-state index in [4.69, 9.17) is 34.6 Å². The summed E-state index contributed by atoms with van der Waals surface area (Å²) in [6.45, 7) is 7.17. The Hall–Kier alpha value is -4.86. The third-order valence-corrected chi connectivity index (χ3v) is 8.80. The van der Waals surface area contributed by atoms with E-state index in [0.717, 1.165) is 62.5 Å². The van der Waals surface area contributed by atoms with Crippen molar-refractivity contribution < 1.29 is 99.4 Å². The fraction of sp³-hybridized carbons (Fsp3) is 0.318. The second kappa shape index (κ2) is 25.5. The average Bonchev–Trinajstić information content (AvgIpc) is 3.67. The number of carbonyl (C=O) groups excluding carboxylic acids is 5. The maximum atomic E-state index is 12.2. The molecule has 1 heterocycles. The van der Waals surface area contributed by atoms with E-state index < -0.39 is 41.7 Å². The van der Waals surface area contributed by atoms with Crippen molar-refractivity contribution in [1.29, 1.82) is 0 Å². The molecule has 5 rings (SSSR count). The van der Waals surface area contributed by atoms with Crippen molar-refractivity contribution in [3.63, 3.8) is 0 Å². The SMILES string of the molecule is CC(=O)[O-].COC(=O)[C@H](CC(=O)OCc1ccccc1)Cc1cc(C)c(N)c(C)c1.COC(=O)[C@H](CC(=O)OCc1ccccc1)Cc1cc(C)c2[nH]ncc2c1.[K+]. The minimum Gasteiger partial charge on any atom is -0.550 e. The second-order valence-electron chi connectivity index (χ2n) is 13.4. The van der Waals surface area contributed by atoms with Crippen LogP contribution in [0.1, 0.15) is 58.7 Å². The van der Waals surface area contributed by atoms with Gasteiger partial charge in [0, 0.05) is 17.0 Å². The van der Waals surface area contributed by atoms with E-state index >= 15 is 0 Å². The Kier molecular flexibility index (Phi) is 21.7. The summed E-state index contributed by atoms with van der Waals surface area (Å²) in [7, 11) is 2.65. The summed E-state index contributed by atoms with van der Waals surface area (Å²) >= 11 is 0. The molecule has 0 aliphatic rings. The van der Waals surface area contributed by atoms with Crippen LogP contribution < -0.4 is 62.2 Å². The summed E-state index contributed by atoms with van der Waals surface area (Å²) in [4.78, 5) is 57.6. The number of nitrogens with one attached hydrogen (secondary N) is 1. The van der Waals surface area contributed by atoms with E-state index in [-0.39, 0.29) is 77.4 Å². The van der Waals surface area contributed by atoms with Gasteiger partial charge in [0.15, 0.2) is 0 Å². The molecule has 3 N–H and O–H groups in total. The van der Waals surface area contributed by atoms with Gasteiger partial charge in [0.1, 0.15) is 13.2 Å². The first-order valence-corrected chi connectivity index (χ1v) is 18.2. The largest absolute Gasteiger partial charge is 1.00 e. The zero-order valence-corrected chi connectivity index (χ0v) is 37.3. The number of aryl methyl sites for hydroxylation is 3. The van der Waals surface area contributed by atoms with Crippen LogP contribution in [0.2, 0.25) is 0 Å². The Morgan fingerprint density at radius 1 is 0.672 bits per heavy atom. The number of nitrogens with two attached hydrogens (primary N) is 1. The molecule has 0 amide bonds. The normalized spacial score (nSPS) is 11.2. The number of hydrogen-bond donors (Lipinski definition) is 2. The molecule has 2 atom stereocenters. The number of methoxy groups -OCH3 is 2. The fourth-order valence-corrected chi connectivity index (χ4v) is 5.99. The summed E-state index contributed by atoms with van der Waals surface area (Å²) in [5.74, 6) is -3.96. The van der Waals surface area contributed by atoms with Crippen LogP contribution in [0.15, 0.2) is 91.1 Å². The molecule has 1 aromatic heterocycles. The number of carboxylic acids is 1. The molecule has 58 heavy (non-hydrogen) atoms. The number of aromatic nitrogens is 2. The molecule has 0 saturated carbocycles. The van der Waals surface area contributed by atoms with Crippen LogP contribution in [0.5, 0.6) is 0 Å². The number of H-pyrrole nitrogens is 1. The number of carboxylic acid groups (broad SMARTS) is 1. The summed E-state index contributed by atoms with van der Waals surface area (Å²) in [5.41, 5.74) is 14.3. The van der Waals surface area contributed by atoms with Crippen molar-refractivity contribution >= 4 is 46.4 Å². The van der Waals surface area contributed by atoms with Crippen molar-refractivity contribution in [3.8, 4) is 0 Å². The maximum Gasteiger partial charge on any atom is 1.00 e. The van der Waals surface area contributed by atoms with Gasteiger partial charge in [0.2, 0.25) is 0 Å². The van der Waals surface area contributed by atoms with Crippen LogP contribution in [-0.2, 0) is 69.0 Å². The first kappa shape index (κ1) is 49.3. The number of aromatic amines is 1. The molecule has 0 bridgehead atoms. The van der Waals surface area contributed by atoms with E-state index in [0.29, 0.717) is 12.8 Å². The van der Waals surface area contributed by atoms with Gasteiger partial charge in [-0.2, -0.15) is 5.10 Å². The van der Waals surface area contributed by atoms with Crippen molar-refractivity contribution in [2.75, 3.05) is 20.0 Å². The number of rotatable bonds is 14. The molecular weight excluding hydrogens is 770 g/mol. The molecule has 5 aromatic rings. The zero-order chi connectivity index (χ0) is 41.9. The number of esters is 4. The Morgan fingerprint density at radius 3 is 1.48 bits per heavy atom. The molecule has 0 fully saturated rings. The monoisotopic (exact) mass is 819 g/mol. The molecule has 0 aliphatic heterocycles. The van der Waals surface area contributed by atoms with Gasteiger partial charge in [0.05, 0.1) is 50.6 Å². The number of nitrogens with zero attached hydrogens (tertiary/aromatic N) is 1. The van der Waals surface area contributed by atoms with Crippen molar-refractivity contribution in [3.05, 3.63) is 130 Å². The van der Waals surface area contributed by atoms with Gasteiger partial charge in [-0.1, -0.05) is 78.9 Å². The average molecular weight is 820 g/mol. The molecule has 0 spiro atoms. The van der Waals surface area contributed by atoms with Crippen LogP contribution in [0.3, 0.4) is 0 Å².